The van der Waals surface area contributed by atoms with E-state index < -0.39 is 0 Å². The molecule has 0 saturated heterocycles. The van der Waals surface area contributed by atoms with Crippen molar-refractivity contribution in [1.29, 1.82) is 0 Å². The summed E-state index contributed by atoms with van der Waals surface area (Å²) in [6.07, 6.45) is 1.68. The zero-order valence-corrected chi connectivity index (χ0v) is 16.8. The minimum Gasteiger partial charge on any atom is -0.465 e. The van der Waals surface area contributed by atoms with Gasteiger partial charge in [0.2, 0.25) is 5.90 Å². The van der Waals surface area contributed by atoms with Crippen LogP contribution in [0.25, 0.3) is 0 Å². The van der Waals surface area contributed by atoms with Gasteiger partial charge in [0.25, 0.3) is 0 Å². The van der Waals surface area contributed by atoms with Crippen molar-refractivity contribution in [3.8, 4) is 11.5 Å². The van der Waals surface area contributed by atoms with Crippen molar-refractivity contribution in [2.75, 3.05) is 0 Å². The normalized spacial score (nSPS) is 12.0. The number of hydrogen-bond acceptors (Lipinski definition) is 3. The maximum Gasteiger partial charge on any atom is 0.225 e. The van der Waals surface area contributed by atoms with Gasteiger partial charge < -0.3 is 9.47 Å². The van der Waals surface area contributed by atoms with Gasteiger partial charge in [0.05, 0.1) is 11.9 Å². The Morgan fingerprint density at radius 2 is 1.43 bits per heavy atom. The van der Waals surface area contributed by atoms with E-state index in [0.29, 0.717) is 5.90 Å². The van der Waals surface area contributed by atoms with E-state index in [9.17, 15) is 0 Å². The van der Waals surface area contributed by atoms with Crippen LogP contribution in [0.4, 0.5) is 5.69 Å². The second-order valence-electron chi connectivity index (χ2n) is 6.91. The van der Waals surface area contributed by atoms with Crippen molar-refractivity contribution in [3.05, 3.63) is 101 Å². The molecule has 3 nitrogen and oxygen atoms in total. The fraction of sp³-hybridized carbons (Fsp3) is 0.160. The Morgan fingerprint density at radius 1 is 0.750 bits per heavy atom. The first-order valence-corrected chi connectivity index (χ1v) is 9.30. The monoisotopic (exact) mass is 371 g/mol. The topological polar surface area (TPSA) is 30.8 Å². The number of para-hydroxylation sites is 1. The standard InChI is InChI=1S/C25H25NO2/c1-18-9-8-12-23(14-18)27-17-21(4)25(26-22-10-6-5-7-11-22)28-24-15-19(2)13-20(3)16-24/h5-17H,1-4H3. The van der Waals surface area contributed by atoms with Crippen molar-refractivity contribution in [2.24, 2.45) is 4.99 Å². The minimum absolute atomic E-state index is 0.504. The molecule has 0 bridgehead atoms. The summed E-state index contributed by atoms with van der Waals surface area (Å²) in [5, 5.41) is 0. The highest BCUT2D eigenvalue weighted by atomic mass is 16.5. The Morgan fingerprint density at radius 3 is 2.11 bits per heavy atom. The van der Waals surface area contributed by atoms with Gasteiger partial charge in [-0.25, -0.2) is 4.99 Å². The van der Waals surface area contributed by atoms with Crippen molar-refractivity contribution >= 4 is 11.6 Å². The average molecular weight is 371 g/mol. The summed E-state index contributed by atoms with van der Waals surface area (Å²) in [5.74, 6) is 2.05. The van der Waals surface area contributed by atoms with E-state index in [1.807, 2.05) is 80.6 Å². The van der Waals surface area contributed by atoms with Crippen LogP contribution in [0.5, 0.6) is 11.5 Å². The molecule has 0 aliphatic carbocycles. The molecule has 3 heteroatoms. The number of benzene rings is 3. The van der Waals surface area contributed by atoms with E-state index in [1.54, 1.807) is 6.26 Å². The Kier molecular flexibility index (Phi) is 6.28. The maximum atomic E-state index is 6.16. The Bertz CT molecular complexity index is 984. The van der Waals surface area contributed by atoms with Crippen LogP contribution in [0.1, 0.15) is 23.6 Å². The molecule has 0 spiro atoms. The highest BCUT2D eigenvalue weighted by Crippen LogP contribution is 2.21. The van der Waals surface area contributed by atoms with Crippen LogP contribution in [0.3, 0.4) is 0 Å². The van der Waals surface area contributed by atoms with Gasteiger partial charge in [-0.2, -0.15) is 0 Å². The van der Waals surface area contributed by atoms with Gasteiger partial charge in [0.1, 0.15) is 11.5 Å². The molecular weight excluding hydrogens is 346 g/mol. The molecule has 0 aliphatic rings. The third kappa shape index (κ3) is 5.58. The van der Waals surface area contributed by atoms with Crippen LogP contribution in [0.2, 0.25) is 0 Å². The number of nitrogens with zero attached hydrogens (tertiary/aromatic N) is 1. The van der Waals surface area contributed by atoms with Crippen molar-refractivity contribution in [1.82, 2.24) is 0 Å². The predicted molar refractivity (Wildman–Crippen MR) is 116 cm³/mol. The quantitative estimate of drug-likeness (QED) is 0.284. The minimum atomic E-state index is 0.504. The first kappa shape index (κ1) is 19.4. The van der Waals surface area contributed by atoms with Crippen LogP contribution in [-0.2, 0) is 0 Å². The predicted octanol–water partition coefficient (Wildman–Crippen LogP) is 6.70. The molecule has 0 amide bonds. The van der Waals surface area contributed by atoms with Crippen LogP contribution < -0.4 is 9.47 Å². The molecule has 0 N–H and O–H groups in total. The highest BCUT2D eigenvalue weighted by molar-refractivity contribution is 5.96. The van der Waals surface area contributed by atoms with Crippen LogP contribution >= 0.6 is 0 Å². The van der Waals surface area contributed by atoms with Gasteiger partial charge in [-0.1, -0.05) is 36.4 Å². The molecule has 28 heavy (non-hydrogen) atoms. The number of aryl methyl sites for hydroxylation is 3. The number of rotatable bonds is 5. The van der Waals surface area contributed by atoms with Gasteiger partial charge in [-0.3, -0.25) is 0 Å². The lowest BCUT2D eigenvalue weighted by Crippen LogP contribution is -2.11. The zero-order chi connectivity index (χ0) is 19.9. The molecule has 0 atom stereocenters. The van der Waals surface area contributed by atoms with E-state index in [4.69, 9.17) is 9.47 Å². The van der Waals surface area contributed by atoms with Gasteiger partial charge in [-0.15, -0.1) is 0 Å². The Hall–Kier alpha value is -3.33. The second kappa shape index (κ2) is 9.05. The molecule has 0 radical (unpaired) electrons. The molecule has 3 aromatic rings. The molecule has 0 heterocycles. The van der Waals surface area contributed by atoms with Crippen LogP contribution in [-0.4, -0.2) is 5.90 Å². The number of aliphatic imine (C=N–C) groups is 1. The van der Waals surface area contributed by atoms with E-state index in [-0.39, 0.29) is 0 Å². The van der Waals surface area contributed by atoms with Gasteiger partial charge in [0, 0.05) is 5.57 Å². The Balaban J connectivity index is 1.90. The Labute approximate surface area is 167 Å². The van der Waals surface area contributed by atoms with E-state index in [2.05, 4.69) is 24.9 Å². The van der Waals surface area contributed by atoms with Crippen molar-refractivity contribution in [2.45, 2.75) is 27.7 Å². The summed E-state index contributed by atoms with van der Waals surface area (Å²) in [7, 11) is 0. The summed E-state index contributed by atoms with van der Waals surface area (Å²) in [6, 6.07) is 23.8. The van der Waals surface area contributed by atoms with Crippen molar-refractivity contribution in [3.63, 3.8) is 0 Å². The second-order valence-corrected chi connectivity index (χ2v) is 6.91. The van der Waals surface area contributed by atoms with Crippen LogP contribution in [0, 0.1) is 20.8 Å². The largest absolute Gasteiger partial charge is 0.465 e. The van der Waals surface area contributed by atoms with Gasteiger partial charge in [-0.05, 0) is 80.8 Å². The zero-order valence-electron chi connectivity index (χ0n) is 16.8. The van der Waals surface area contributed by atoms with E-state index >= 15 is 0 Å². The van der Waals surface area contributed by atoms with E-state index in [1.165, 1.54) is 0 Å². The first-order valence-electron chi connectivity index (χ1n) is 9.30. The summed E-state index contributed by atoms with van der Waals surface area (Å²) >= 11 is 0. The molecule has 0 aromatic heterocycles. The van der Waals surface area contributed by atoms with Crippen LogP contribution in [0.15, 0.2) is 89.6 Å². The maximum absolute atomic E-state index is 6.16. The summed E-state index contributed by atoms with van der Waals surface area (Å²) in [6.45, 7) is 8.07. The molecule has 142 valence electrons. The molecule has 0 unspecified atom stereocenters. The molecule has 0 fully saturated rings. The SMILES string of the molecule is CC(=COc1cccc(C)c1)C(=Nc1ccccc1)Oc1cc(C)cc(C)c1. The molecule has 3 aromatic carbocycles. The lowest BCUT2D eigenvalue weighted by Gasteiger charge is -2.12. The number of hydrogen-bond donors (Lipinski definition) is 0. The molecule has 0 aliphatic heterocycles. The lowest BCUT2D eigenvalue weighted by atomic mass is 10.1. The molecular formula is C25H25NO2. The van der Waals surface area contributed by atoms with E-state index in [0.717, 1.165) is 39.4 Å². The fourth-order valence-electron chi connectivity index (χ4n) is 2.81. The smallest absolute Gasteiger partial charge is 0.225 e. The third-order valence-electron chi connectivity index (χ3n) is 4.10. The fourth-order valence-corrected chi connectivity index (χ4v) is 2.81. The summed E-state index contributed by atoms with van der Waals surface area (Å²) in [4.78, 5) is 4.69. The van der Waals surface area contributed by atoms with Gasteiger partial charge in [0.15, 0.2) is 0 Å². The highest BCUT2D eigenvalue weighted by Gasteiger charge is 2.09. The lowest BCUT2D eigenvalue weighted by molar-refractivity contribution is 0.473. The number of ether oxygens (including phenoxy) is 2. The third-order valence-corrected chi connectivity index (χ3v) is 4.10. The summed E-state index contributed by atoms with van der Waals surface area (Å²) in [5.41, 5.74) is 5.06. The summed E-state index contributed by atoms with van der Waals surface area (Å²) < 4.78 is 12.0. The first-order chi connectivity index (χ1) is 13.5. The molecule has 0 saturated carbocycles. The average Bonchev–Trinajstić information content (AvgIpc) is 2.66. The van der Waals surface area contributed by atoms with Gasteiger partial charge >= 0.3 is 0 Å². The molecule has 3 rings (SSSR count). The van der Waals surface area contributed by atoms with Crippen molar-refractivity contribution < 1.29 is 9.47 Å².